The molecule has 0 saturated carbocycles. The van der Waals surface area contributed by atoms with Gasteiger partial charge in [-0.3, -0.25) is 0 Å². The van der Waals surface area contributed by atoms with E-state index in [0.717, 1.165) is 6.92 Å². The third kappa shape index (κ3) is 3.67. The highest BCUT2D eigenvalue weighted by molar-refractivity contribution is 9.10. The van der Waals surface area contributed by atoms with Crippen molar-refractivity contribution in [3.8, 4) is 0 Å². The van der Waals surface area contributed by atoms with Crippen molar-refractivity contribution < 1.29 is 8.78 Å². The van der Waals surface area contributed by atoms with Gasteiger partial charge in [-0.15, -0.1) is 0 Å². The van der Waals surface area contributed by atoms with E-state index in [1.54, 1.807) is 18.3 Å². The van der Waals surface area contributed by atoms with E-state index in [1.165, 1.54) is 0 Å². The molecule has 0 radical (unpaired) electrons. The number of hydrogen-bond donors (Lipinski definition) is 1. The molecule has 1 aromatic heterocycles. The Bertz CT molecular complexity index is 286. The lowest BCUT2D eigenvalue weighted by molar-refractivity contribution is 0.0367. The maximum Gasteiger partial charge on any atom is 0.262 e. The number of anilines is 1. The third-order valence-corrected chi connectivity index (χ3v) is 1.96. The fourth-order valence-corrected chi connectivity index (χ4v) is 1.15. The summed E-state index contributed by atoms with van der Waals surface area (Å²) in [6.07, 6.45) is 1.54. The van der Waals surface area contributed by atoms with Crippen LogP contribution in [0.1, 0.15) is 6.92 Å². The largest absolute Gasteiger partial charge is 0.363 e. The van der Waals surface area contributed by atoms with Gasteiger partial charge in [0.25, 0.3) is 5.92 Å². The standard InChI is InChI=1S/C8H9BrF2N2/c1-8(10,11)5-13-7-6(9)3-2-4-12-7/h2-4H,5H2,1H3,(H,12,13). The fourth-order valence-electron chi connectivity index (χ4n) is 0.755. The van der Waals surface area contributed by atoms with Gasteiger partial charge < -0.3 is 5.32 Å². The van der Waals surface area contributed by atoms with E-state index in [4.69, 9.17) is 0 Å². The lowest BCUT2D eigenvalue weighted by Gasteiger charge is -2.12. The van der Waals surface area contributed by atoms with Crippen LogP contribution in [0, 0.1) is 0 Å². The maximum absolute atomic E-state index is 12.4. The van der Waals surface area contributed by atoms with Crippen molar-refractivity contribution in [1.82, 2.24) is 4.98 Å². The first kappa shape index (κ1) is 10.4. The average molecular weight is 251 g/mol. The second kappa shape index (κ2) is 4.00. The van der Waals surface area contributed by atoms with E-state index in [2.05, 4.69) is 26.2 Å². The van der Waals surface area contributed by atoms with E-state index in [-0.39, 0.29) is 0 Å². The predicted octanol–water partition coefficient (Wildman–Crippen LogP) is 2.91. The summed E-state index contributed by atoms with van der Waals surface area (Å²) >= 11 is 3.19. The van der Waals surface area contributed by atoms with Crippen molar-refractivity contribution in [2.24, 2.45) is 0 Å². The summed E-state index contributed by atoms with van der Waals surface area (Å²) in [6, 6.07) is 3.46. The van der Waals surface area contributed by atoms with Crippen LogP contribution >= 0.6 is 15.9 Å². The maximum atomic E-state index is 12.4. The number of alkyl halides is 2. The van der Waals surface area contributed by atoms with Crippen LogP contribution in [0.3, 0.4) is 0 Å². The van der Waals surface area contributed by atoms with Crippen molar-refractivity contribution in [3.63, 3.8) is 0 Å². The molecule has 1 heterocycles. The first-order valence-corrected chi connectivity index (χ1v) is 4.50. The summed E-state index contributed by atoms with van der Waals surface area (Å²) in [7, 11) is 0. The molecule has 1 rings (SSSR count). The number of rotatable bonds is 3. The molecule has 0 aromatic carbocycles. The highest BCUT2D eigenvalue weighted by atomic mass is 79.9. The predicted molar refractivity (Wildman–Crippen MR) is 51.0 cm³/mol. The van der Waals surface area contributed by atoms with Gasteiger partial charge in [-0.05, 0) is 28.1 Å². The van der Waals surface area contributed by atoms with E-state index >= 15 is 0 Å². The average Bonchev–Trinajstić information content (AvgIpc) is 2.01. The summed E-state index contributed by atoms with van der Waals surface area (Å²) in [6.45, 7) is 0.444. The SMILES string of the molecule is CC(F)(F)CNc1ncccc1Br. The molecule has 5 heteroatoms. The molecule has 0 unspecified atom stereocenters. The number of hydrogen-bond acceptors (Lipinski definition) is 2. The Morgan fingerprint density at radius 2 is 2.31 bits per heavy atom. The second-order valence-electron chi connectivity index (χ2n) is 2.76. The monoisotopic (exact) mass is 250 g/mol. The molecule has 0 fully saturated rings. The van der Waals surface area contributed by atoms with Gasteiger partial charge in [0.05, 0.1) is 11.0 Å². The van der Waals surface area contributed by atoms with Crippen LogP contribution in [0.4, 0.5) is 14.6 Å². The van der Waals surface area contributed by atoms with Gasteiger partial charge in [-0.25, -0.2) is 13.8 Å². The number of nitrogens with one attached hydrogen (secondary N) is 1. The zero-order valence-electron chi connectivity index (χ0n) is 7.02. The lowest BCUT2D eigenvalue weighted by atomic mass is 10.4. The first-order chi connectivity index (χ1) is 5.99. The molecular weight excluding hydrogens is 242 g/mol. The minimum atomic E-state index is -2.73. The molecule has 2 nitrogen and oxygen atoms in total. The van der Waals surface area contributed by atoms with Crippen LogP contribution in [0.5, 0.6) is 0 Å². The molecule has 1 aromatic rings. The molecule has 0 spiro atoms. The van der Waals surface area contributed by atoms with E-state index < -0.39 is 12.5 Å². The van der Waals surface area contributed by atoms with Crippen LogP contribution in [-0.2, 0) is 0 Å². The zero-order chi connectivity index (χ0) is 9.90. The summed E-state index contributed by atoms with van der Waals surface area (Å²) in [5.74, 6) is -2.29. The molecule has 0 aliphatic carbocycles. The van der Waals surface area contributed by atoms with Gasteiger partial charge in [0.2, 0.25) is 0 Å². The van der Waals surface area contributed by atoms with E-state index in [1.807, 2.05) is 0 Å². The highest BCUT2D eigenvalue weighted by Crippen LogP contribution is 2.20. The Morgan fingerprint density at radius 3 is 2.85 bits per heavy atom. The van der Waals surface area contributed by atoms with Crippen molar-refractivity contribution in [2.45, 2.75) is 12.8 Å². The summed E-state index contributed by atoms with van der Waals surface area (Å²) in [5, 5.41) is 2.54. The molecular formula is C8H9BrF2N2. The molecule has 0 atom stereocenters. The van der Waals surface area contributed by atoms with E-state index in [9.17, 15) is 8.78 Å². The Labute approximate surface area is 83.5 Å². The third-order valence-electron chi connectivity index (χ3n) is 1.32. The minimum Gasteiger partial charge on any atom is -0.363 e. The summed E-state index contributed by atoms with van der Waals surface area (Å²) in [4.78, 5) is 3.89. The molecule has 0 bridgehead atoms. The zero-order valence-corrected chi connectivity index (χ0v) is 8.61. The van der Waals surface area contributed by atoms with Gasteiger partial charge in [-0.1, -0.05) is 0 Å². The van der Waals surface area contributed by atoms with Crippen LogP contribution in [-0.4, -0.2) is 17.5 Å². The molecule has 13 heavy (non-hydrogen) atoms. The van der Waals surface area contributed by atoms with Crippen molar-refractivity contribution in [3.05, 3.63) is 22.8 Å². The Hall–Kier alpha value is -0.710. The first-order valence-electron chi connectivity index (χ1n) is 3.71. The lowest BCUT2D eigenvalue weighted by Crippen LogP contribution is -2.23. The van der Waals surface area contributed by atoms with Crippen molar-refractivity contribution in [1.29, 1.82) is 0 Å². The normalized spacial score (nSPS) is 11.4. The smallest absolute Gasteiger partial charge is 0.262 e. The van der Waals surface area contributed by atoms with Gasteiger partial charge >= 0.3 is 0 Å². The molecule has 0 aliphatic heterocycles. The molecule has 1 N–H and O–H groups in total. The van der Waals surface area contributed by atoms with Gasteiger partial charge in [0.15, 0.2) is 0 Å². The molecule has 0 amide bonds. The number of nitrogens with zero attached hydrogens (tertiary/aromatic N) is 1. The fraction of sp³-hybridized carbons (Fsp3) is 0.375. The number of aromatic nitrogens is 1. The van der Waals surface area contributed by atoms with Crippen molar-refractivity contribution in [2.75, 3.05) is 11.9 Å². The quantitative estimate of drug-likeness (QED) is 0.893. The molecule has 0 saturated heterocycles. The van der Waals surface area contributed by atoms with Crippen LogP contribution in [0.15, 0.2) is 22.8 Å². The summed E-state index contributed by atoms with van der Waals surface area (Å²) in [5.41, 5.74) is 0. The number of pyridine rings is 1. The summed E-state index contributed by atoms with van der Waals surface area (Å²) < 4.78 is 25.5. The topological polar surface area (TPSA) is 24.9 Å². The van der Waals surface area contributed by atoms with Gasteiger partial charge in [-0.2, -0.15) is 0 Å². The second-order valence-corrected chi connectivity index (χ2v) is 3.61. The van der Waals surface area contributed by atoms with Gasteiger partial charge in [0.1, 0.15) is 5.82 Å². The van der Waals surface area contributed by atoms with Gasteiger partial charge in [0, 0.05) is 13.1 Å². The van der Waals surface area contributed by atoms with Crippen molar-refractivity contribution >= 4 is 21.7 Å². The minimum absolute atomic E-state index is 0.414. The Morgan fingerprint density at radius 1 is 1.62 bits per heavy atom. The molecule has 0 aliphatic rings. The Balaban J connectivity index is 2.60. The van der Waals surface area contributed by atoms with Crippen LogP contribution in [0.2, 0.25) is 0 Å². The van der Waals surface area contributed by atoms with Crippen LogP contribution < -0.4 is 5.32 Å². The number of halogens is 3. The Kier molecular flexibility index (Phi) is 3.19. The van der Waals surface area contributed by atoms with E-state index in [0.29, 0.717) is 10.3 Å². The molecule has 72 valence electrons. The van der Waals surface area contributed by atoms with Crippen LogP contribution in [0.25, 0.3) is 0 Å². The highest BCUT2D eigenvalue weighted by Gasteiger charge is 2.20.